The SMILES string of the molecule is NCc1ccccc1CC(=O)NCc1ccc(F)cc1F. The van der Waals surface area contributed by atoms with E-state index in [1.807, 2.05) is 24.3 Å². The molecule has 0 spiro atoms. The van der Waals surface area contributed by atoms with Crippen LogP contribution in [-0.2, 0) is 24.3 Å². The van der Waals surface area contributed by atoms with E-state index in [0.717, 1.165) is 23.3 Å². The van der Waals surface area contributed by atoms with Gasteiger partial charge < -0.3 is 11.1 Å². The van der Waals surface area contributed by atoms with Crippen LogP contribution in [0.3, 0.4) is 0 Å². The topological polar surface area (TPSA) is 55.1 Å². The third kappa shape index (κ3) is 4.10. The van der Waals surface area contributed by atoms with E-state index in [2.05, 4.69) is 5.32 Å². The molecule has 0 fully saturated rings. The molecule has 0 aliphatic carbocycles. The lowest BCUT2D eigenvalue weighted by Crippen LogP contribution is -2.25. The Balaban J connectivity index is 1.96. The number of benzene rings is 2. The lowest BCUT2D eigenvalue weighted by molar-refractivity contribution is -0.120. The fourth-order valence-electron chi connectivity index (χ4n) is 2.02. The zero-order valence-electron chi connectivity index (χ0n) is 11.4. The minimum Gasteiger partial charge on any atom is -0.352 e. The Morgan fingerprint density at radius 3 is 2.43 bits per heavy atom. The summed E-state index contributed by atoms with van der Waals surface area (Å²) in [6, 6.07) is 10.7. The lowest BCUT2D eigenvalue weighted by atomic mass is 10.0. The largest absolute Gasteiger partial charge is 0.352 e. The molecule has 0 aliphatic rings. The molecule has 0 heterocycles. The number of halogens is 2. The summed E-state index contributed by atoms with van der Waals surface area (Å²) in [6.45, 7) is 0.381. The van der Waals surface area contributed by atoms with Gasteiger partial charge in [0.2, 0.25) is 5.91 Å². The van der Waals surface area contributed by atoms with Crippen molar-refractivity contribution >= 4 is 5.91 Å². The molecule has 2 aromatic carbocycles. The smallest absolute Gasteiger partial charge is 0.224 e. The van der Waals surface area contributed by atoms with Crippen molar-refractivity contribution in [3.63, 3.8) is 0 Å². The molecule has 5 heteroatoms. The zero-order chi connectivity index (χ0) is 15.2. The van der Waals surface area contributed by atoms with E-state index >= 15 is 0 Å². The lowest BCUT2D eigenvalue weighted by Gasteiger charge is -2.09. The Bertz CT molecular complexity index is 644. The van der Waals surface area contributed by atoms with E-state index in [1.165, 1.54) is 6.07 Å². The highest BCUT2D eigenvalue weighted by atomic mass is 19.1. The maximum absolute atomic E-state index is 13.4. The average molecular weight is 290 g/mol. The van der Waals surface area contributed by atoms with Crippen molar-refractivity contribution in [1.29, 1.82) is 0 Å². The molecule has 0 atom stereocenters. The van der Waals surface area contributed by atoms with Crippen LogP contribution in [0.15, 0.2) is 42.5 Å². The van der Waals surface area contributed by atoms with Crippen LogP contribution in [-0.4, -0.2) is 5.91 Å². The Morgan fingerprint density at radius 1 is 1.05 bits per heavy atom. The summed E-state index contributed by atoms with van der Waals surface area (Å²) >= 11 is 0. The number of amides is 1. The van der Waals surface area contributed by atoms with Gasteiger partial charge in [-0.1, -0.05) is 30.3 Å². The molecular formula is C16H16F2N2O. The molecule has 2 aromatic rings. The van der Waals surface area contributed by atoms with Gasteiger partial charge in [0.05, 0.1) is 6.42 Å². The van der Waals surface area contributed by atoms with E-state index in [9.17, 15) is 13.6 Å². The van der Waals surface area contributed by atoms with Gasteiger partial charge in [-0.3, -0.25) is 4.79 Å². The number of nitrogens with two attached hydrogens (primary N) is 1. The standard InChI is InChI=1S/C16H16F2N2O/c17-14-6-5-13(15(18)8-14)10-20-16(21)7-11-3-1-2-4-12(11)9-19/h1-6,8H,7,9-10,19H2,(H,20,21). The third-order valence-electron chi connectivity index (χ3n) is 3.18. The molecule has 1 amide bonds. The second-order valence-corrected chi connectivity index (χ2v) is 4.66. The van der Waals surface area contributed by atoms with Gasteiger partial charge in [-0.15, -0.1) is 0 Å². The Labute approximate surface area is 121 Å². The van der Waals surface area contributed by atoms with Crippen LogP contribution in [0.5, 0.6) is 0 Å². The van der Waals surface area contributed by atoms with E-state index in [1.54, 1.807) is 0 Å². The molecule has 2 rings (SSSR count). The summed E-state index contributed by atoms with van der Waals surface area (Å²) in [5, 5.41) is 2.62. The fourth-order valence-corrected chi connectivity index (χ4v) is 2.02. The van der Waals surface area contributed by atoms with Crippen molar-refractivity contribution in [3.8, 4) is 0 Å². The van der Waals surface area contributed by atoms with Gasteiger partial charge in [-0.05, 0) is 17.2 Å². The number of nitrogens with one attached hydrogen (secondary N) is 1. The predicted octanol–water partition coefficient (Wildman–Crippen LogP) is 2.28. The van der Waals surface area contributed by atoms with Crippen LogP contribution in [0, 0.1) is 11.6 Å². The molecule has 3 N–H and O–H groups in total. The van der Waals surface area contributed by atoms with Gasteiger partial charge in [0.15, 0.2) is 0 Å². The first kappa shape index (κ1) is 15.1. The molecule has 21 heavy (non-hydrogen) atoms. The molecule has 0 saturated heterocycles. The monoisotopic (exact) mass is 290 g/mol. The highest BCUT2D eigenvalue weighted by molar-refractivity contribution is 5.78. The van der Waals surface area contributed by atoms with Crippen LogP contribution in [0.4, 0.5) is 8.78 Å². The van der Waals surface area contributed by atoms with Crippen molar-refractivity contribution in [2.75, 3.05) is 0 Å². The van der Waals surface area contributed by atoms with E-state index in [4.69, 9.17) is 5.73 Å². The minimum atomic E-state index is -0.669. The van der Waals surface area contributed by atoms with E-state index in [0.29, 0.717) is 6.54 Å². The average Bonchev–Trinajstić information content (AvgIpc) is 2.47. The first-order chi connectivity index (χ1) is 10.1. The second kappa shape index (κ2) is 6.95. The Hall–Kier alpha value is -2.27. The first-order valence-electron chi connectivity index (χ1n) is 6.57. The summed E-state index contributed by atoms with van der Waals surface area (Å²) in [6.07, 6.45) is 0.177. The van der Waals surface area contributed by atoms with Crippen molar-refractivity contribution in [2.24, 2.45) is 5.73 Å². The number of carbonyl (C=O) groups is 1. The normalized spacial score (nSPS) is 10.4. The quantitative estimate of drug-likeness (QED) is 0.887. The van der Waals surface area contributed by atoms with Gasteiger partial charge in [0, 0.05) is 24.7 Å². The predicted molar refractivity (Wildman–Crippen MR) is 76.2 cm³/mol. The molecule has 3 nitrogen and oxygen atoms in total. The van der Waals surface area contributed by atoms with Crippen LogP contribution in [0.2, 0.25) is 0 Å². The van der Waals surface area contributed by atoms with Gasteiger partial charge in [-0.25, -0.2) is 8.78 Å². The van der Waals surface area contributed by atoms with Crippen molar-refractivity contribution < 1.29 is 13.6 Å². The number of carbonyl (C=O) groups excluding carboxylic acids is 1. The third-order valence-corrected chi connectivity index (χ3v) is 3.18. The Morgan fingerprint density at radius 2 is 1.76 bits per heavy atom. The molecule has 0 saturated carbocycles. The highest BCUT2D eigenvalue weighted by Crippen LogP contribution is 2.11. The van der Waals surface area contributed by atoms with Gasteiger partial charge >= 0.3 is 0 Å². The summed E-state index contributed by atoms with van der Waals surface area (Å²) in [5.41, 5.74) is 7.60. The van der Waals surface area contributed by atoms with Crippen molar-refractivity contribution in [2.45, 2.75) is 19.5 Å². The second-order valence-electron chi connectivity index (χ2n) is 4.66. The van der Waals surface area contributed by atoms with E-state index < -0.39 is 11.6 Å². The molecule has 110 valence electrons. The summed E-state index contributed by atoms with van der Waals surface area (Å²) in [7, 11) is 0. The summed E-state index contributed by atoms with van der Waals surface area (Å²) < 4.78 is 26.2. The number of hydrogen-bond donors (Lipinski definition) is 2. The minimum absolute atomic E-state index is 0.0236. The molecule has 0 bridgehead atoms. The molecule has 0 unspecified atom stereocenters. The summed E-state index contributed by atoms with van der Waals surface area (Å²) in [5.74, 6) is -1.54. The molecule has 0 aliphatic heterocycles. The van der Waals surface area contributed by atoms with Crippen molar-refractivity contribution in [1.82, 2.24) is 5.32 Å². The van der Waals surface area contributed by atoms with Crippen LogP contribution < -0.4 is 11.1 Å². The molecule has 0 aromatic heterocycles. The molecule has 0 radical (unpaired) electrons. The van der Waals surface area contributed by atoms with Crippen molar-refractivity contribution in [3.05, 3.63) is 70.8 Å². The maximum Gasteiger partial charge on any atom is 0.224 e. The van der Waals surface area contributed by atoms with E-state index in [-0.39, 0.29) is 24.4 Å². The zero-order valence-corrected chi connectivity index (χ0v) is 11.4. The fraction of sp³-hybridized carbons (Fsp3) is 0.188. The maximum atomic E-state index is 13.4. The Kier molecular flexibility index (Phi) is 5.00. The number of rotatable bonds is 5. The van der Waals surface area contributed by atoms with Gasteiger partial charge in [0.25, 0.3) is 0 Å². The van der Waals surface area contributed by atoms with Crippen LogP contribution in [0.25, 0.3) is 0 Å². The van der Waals surface area contributed by atoms with Crippen LogP contribution >= 0.6 is 0 Å². The summed E-state index contributed by atoms with van der Waals surface area (Å²) in [4.78, 5) is 11.9. The number of hydrogen-bond acceptors (Lipinski definition) is 2. The highest BCUT2D eigenvalue weighted by Gasteiger charge is 2.09. The van der Waals surface area contributed by atoms with Gasteiger partial charge in [-0.2, -0.15) is 0 Å². The van der Waals surface area contributed by atoms with Gasteiger partial charge in [0.1, 0.15) is 11.6 Å². The van der Waals surface area contributed by atoms with Crippen LogP contribution in [0.1, 0.15) is 16.7 Å². The molecular weight excluding hydrogens is 274 g/mol. The first-order valence-corrected chi connectivity index (χ1v) is 6.57.